The van der Waals surface area contributed by atoms with Crippen molar-refractivity contribution in [3.05, 3.63) is 24.3 Å². The van der Waals surface area contributed by atoms with Crippen LogP contribution in [0.3, 0.4) is 0 Å². The van der Waals surface area contributed by atoms with Gasteiger partial charge in [-0.1, -0.05) is 199 Å². The van der Waals surface area contributed by atoms with Gasteiger partial charge in [-0.2, -0.15) is 0 Å². The lowest BCUT2D eigenvalue weighted by molar-refractivity contribution is -0.302. The first-order chi connectivity index (χ1) is 27.8. The molecular weight excluding hydrogens is 723 g/mol. The summed E-state index contributed by atoms with van der Waals surface area (Å²) in [6.45, 7) is 3.59. The number of carbonyl (C=O) groups excluding carboxylic acids is 1. The lowest BCUT2D eigenvalue weighted by atomic mass is 9.99. The molecule has 1 aliphatic heterocycles. The number of nitrogens with one attached hydrogen (secondary N) is 1. The van der Waals surface area contributed by atoms with Crippen molar-refractivity contribution in [2.45, 2.75) is 255 Å². The van der Waals surface area contributed by atoms with Crippen LogP contribution in [0.2, 0.25) is 0 Å². The monoisotopic (exact) mass is 812 g/mol. The molecule has 0 aliphatic carbocycles. The van der Waals surface area contributed by atoms with E-state index in [1.807, 2.05) is 6.08 Å². The first-order valence-corrected chi connectivity index (χ1v) is 23.7. The highest BCUT2D eigenvalue weighted by molar-refractivity contribution is 5.80. The van der Waals surface area contributed by atoms with Crippen LogP contribution in [0.15, 0.2) is 24.3 Å². The van der Waals surface area contributed by atoms with Gasteiger partial charge in [0.25, 0.3) is 0 Å². The molecule has 0 saturated carbocycles. The molecule has 8 unspecified atom stereocenters. The largest absolute Gasteiger partial charge is 0.394 e. The maximum atomic E-state index is 13.0. The molecule has 0 bridgehead atoms. The molecule has 336 valence electrons. The van der Waals surface area contributed by atoms with Gasteiger partial charge in [0.2, 0.25) is 5.91 Å². The fraction of sp³-hybridized carbons (Fsp3) is 0.894. The number of allylic oxidation sites excluding steroid dienone is 3. The van der Waals surface area contributed by atoms with Gasteiger partial charge < -0.3 is 45.4 Å². The van der Waals surface area contributed by atoms with E-state index in [0.717, 1.165) is 32.1 Å². The quantitative estimate of drug-likeness (QED) is 0.0237. The zero-order chi connectivity index (χ0) is 41.8. The molecule has 0 radical (unpaired) electrons. The predicted molar refractivity (Wildman–Crippen MR) is 232 cm³/mol. The van der Waals surface area contributed by atoms with Crippen molar-refractivity contribution in [3.63, 3.8) is 0 Å². The van der Waals surface area contributed by atoms with Crippen molar-refractivity contribution in [1.29, 1.82) is 0 Å². The average molecular weight is 812 g/mol. The number of hydrogen-bond donors (Lipinski definition) is 7. The maximum absolute atomic E-state index is 13.0. The van der Waals surface area contributed by atoms with Crippen LogP contribution < -0.4 is 5.32 Å². The molecule has 0 aromatic heterocycles. The van der Waals surface area contributed by atoms with E-state index in [1.165, 1.54) is 141 Å². The van der Waals surface area contributed by atoms with Crippen molar-refractivity contribution >= 4 is 5.91 Å². The Kier molecular flexibility index (Phi) is 35.4. The van der Waals surface area contributed by atoms with Gasteiger partial charge in [-0.25, -0.2) is 0 Å². The van der Waals surface area contributed by atoms with Gasteiger partial charge in [-0.15, -0.1) is 0 Å². The van der Waals surface area contributed by atoms with Crippen LogP contribution in [0.25, 0.3) is 0 Å². The Hall–Kier alpha value is -1.37. The summed E-state index contributed by atoms with van der Waals surface area (Å²) in [5.41, 5.74) is 0. The molecule has 1 heterocycles. The van der Waals surface area contributed by atoms with E-state index in [1.54, 1.807) is 6.08 Å². The first-order valence-electron chi connectivity index (χ1n) is 23.7. The zero-order valence-electron chi connectivity index (χ0n) is 36.5. The average Bonchev–Trinajstić information content (AvgIpc) is 3.21. The minimum absolute atomic E-state index is 0.308. The molecule has 1 rings (SSSR count). The normalized spacial score (nSPS) is 21.7. The number of carbonyl (C=O) groups is 1. The first kappa shape index (κ1) is 53.6. The summed E-state index contributed by atoms with van der Waals surface area (Å²) < 4.78 is 11.1. The Morgan fingerprint density at radius 2 is 1.04 bits per heavy atom. The third-order valence-electron chi connectivity index (χ3n) is 11.4. The molecule has 10 heteroatoms. The summed E-state index contributed by atoms with van der Waals surface area (Å²) in [7, 11) is 0. The molecule has 57 heavy (non-hydrogen) atoms. The fourth-order valence-electron chi connectivity index (χ4n) is 7.47. The van der Waals surface area contributed by atoms with E-state index >= 15 is 0 Å². The number of aliphatic hydroxyl groups excluding tert-OH is 6. The van der Waals surface area contributed by atoms with E-state index in [2.05, 4.69) is 31.3 Å². The standard InChI is InChI=1S/C47H89NO9/c1-3-5-7-9-11-13-15-17-19-21-23-25-27-29-31-33-35-40(50)39(38-56-47-45(54)44(53)43(52)42(37-49)57-47)48-46(55)41(51)36-34-32-30-28-26-24-22-20-18-16-14-12-10-8-6-4-2/h25,27,33,35,39-45,47,49-54H,3-24,26,28-32,34,36-38H2,1-2H3,(H,48,55)/b27-25+,35-33+. The minimum Gasteiger partial charge on any atom is -0.394 e. The van der Waals surface area contributed by atoms with E-state index in [-0.39, 0.29) is 6.61 Å². The third-order valence-corrected chi connectivity index (χ3v) is 11.4. The Labute approximate surface area is 348 Å². The summed E-state index contributed by atoms with van der Waals surface area (Å²) >= 11 is 0. The third kappa shape index (κ3) is 27.9. The number of hydrogen-bond acceptors (Lipinski definition) is 9. The second-order valence-electron chi connectivity index (χ2n) is 16.7. The number of amides is 1. The van der Waals surface area contributed by atoms with Crippen molar-refractivity contribution in [1.82, 2.24) is 5.32 Å². The van der Waals surface area contributed by atoms with E-state index < -0.39 is 61.5 Å². The molecule has 10 nitrogen and oxygen atoms in total. The number of aliphatic hydroxyl groups is 6. The summed E-state index contributed by atoms with van der Waals surface area (Å²) in [6.07, 6.45) is 34.0. The van der Waals surface area contributed by atoms with Gasteiger partial charge in [0.15, 0.2) is 6.29 Å². The zero-order valence-corrected chi connectivity index (χ0v) is 36.5. The van der Waals surface area contributed by atoms with Gasteiger partial charge in [0.1, 0.15) is 30.5 Å². The molecule has 8 atom stereocenters. The highest BCUT2D eigenvalue weighted by Crippen LogP contribution is 2.23. The van der Waals surface area contributed by atoms with E-state index in [9.17, 15) is 35.4 Å². The number of rotatable bonds is 39. The highest BCUT2D eigenvalue weighted by Gasteiger charge is 2.44. The highest BCUT2D eigenvalue weighted by atomic mass is 16.7. The van der Waals surface area contributed by atoms with E-state index in [0.29, 0.717) is 19.3 Å². The molecule has 0 aromatic rings. The summed E-state index contributed by atoms with van der Waals surface area (Å²) in [4.78, 5) is 13.0. The molecular formula is C47H89NO9. The topological polar surface area (TPSA) is 169 Å². The Morgan fingerprint density at radius 1 is 0.596 bits per heavy atom. The van der Waals surface area contributed by atoms with Crippen LogP contribution >= 0.6 is 0 Å². The second kappa shape index (κ2) is 37.6. The Bertz CT molecular complexity index is 963. The minimum atomic E-state index is -1.61. The molecule has 1 saturated heterocycles. The van der Waals surface area contributed by atoms with Gasteiger partial charge in [0.05, 0.1) is 25.4 Å². The van der Waals surface area contributed by atoms with E-state index in [4.69, 9.17) is 9.47 Å². The second-order valence-corrected chi connectivity index (χ2v) is 16.7. The molecule has 1 aliphatic rings. The predicted octanol–water partition coefficient (Wildman–Crippen LogP) is 8.86. The smallest absolute Gasteiger partial charge is 0.249 e. The summed E-state index contributed by atoms with van der Waals surface area (Å²) in [6, 6.07) is -0.992. The van der Waals surface area contributed by atoms with Crippen LogP contribution in [0.1, 0.15) is 206 Å². The van der Waals surface area contributed by atoms with Crippen molar-refractivity contribution in [2.24, 2.45) is 0 Å². The van der Waals surface area contributed by atoms with Crippen molar-refractivity contribution in [3.8, 4) is 0 Å². The van der Waals surface area contributed by atoms with Gasteiger partial charge >= 0.3 is 0 Å². The fourth-order valence-corrected chi connectivity index (χ4v) is 7.47. The summed E-state index contributed by atoms with van der Waals surface area (Å²) in [5, 5.41) is 64.6. The van der Waals surface area contributed by atoms with Crippen LogP contribution in [0.4, 0.5) is 0 Å². The molecule has 0 aromatic carbocycles. The molecule has 1 amide bonds. The van der Waals surface area contributed by atoms with Crippen LogP contribution in [0, 0.1) is 0 Å². The van der Waals surface area contributed by atoms with Gasteiger partial charge in [0, 0.05) is 0 Å². The Balaban J connectivity index is 2.43. The number of unbranched alkanes of at least 4 members (excludes halogenated alkanes) is 26. The molecule has 7 N–H and O–H groups in total. The Morgan fingerprint density at radius 3 is 1.53 bits per heavy atom. The van der Waals surface area contributed by atoms with Crippen molar-refractivity contribution < 1.29 is 44.9 Å². The van der Waals surface area contributed by atoms with Gasteiger partial charge in [-0.05, 0) is 32.1 Å². The van der Waals surface area contributed by atoms with Crippen LogP contribution in [-0.4, -0.2) is 98.7 Å². The number of ether oxygens (including phenoxy) is 2. The lowest BCUT2D eigenvalue weighted by Gasteiger charge is -2.40. The molecule has 1 fully saturated rings. The summed E-state index contributed by atoms with van der Waals surface area (Å²) in [5.74, 6) is -0.624. The SMILES string of the molecule is CCCCCCCCCCCC/C=C/CC/C=C/C(O)C(COC1OC(CO)C(O)C(O)C1O)NC(=O)C(O)CCCCCCCCCCCCCCCCCC. The molecule has 0 spiro atoms. The van der Waals surface area contributed by atoms with Gasteiger partial charge in [-0.3, -0.25) is 4.79 Å². The maximum Gasteiger partial charge on any atom is 0.249 e. The lowest BCUT2D eigenvalue weighted by Crippen LogP contribution is -2.60. The van der Waals surface area contributed by atoms with Crippen molar-refractivity contribution in [2.75, 3.05) is 13.2 Å². The van der Waals surface area contributed by atoms with Crippen LogP contribution in [-0.2, 0) is 14.3 Å². The van der Waals surface area contributed by atoms with Crippen LogP contribution in [0.5, 0.6) is 0 Å².